The molecule has 1 aromatic rings. The second-order valence-electron chi connectivity index (χ2n) is 3.92. The lowest BCUT2D eigenvalue weighted by molar-refractivity contribution is -0.149. The van der Waals surface area contributed by atoms with Gasteiger partial charge in [-0.05, 0) is 24.3 Å². The molecule has 1 fully saturated rings. The van der Waals surface area contributed by atoms with E-state index in [1.54, 1.807) is 4.90 Å². The van der Waals surface area contributed by atoms with Crippen molar-refractivity contribution in [3.63, 3.8) is 0 Å². The summed E-state index contributed by atoms with van der Waals surface area (Å²) in [6.45, 7) is 0.141. The van der Waals surface area contributed by atoms with Crippen molar-refractivity contribution in [2.24, 2.45) is 0 Å². The van der Waals surface area contributed by atoms with E-state index in [1.165, 1.54) is 24.3 Å². The molecule has 1 aliphatic rings. The number of hydrogen-bond donors (Lipinski definition) is 1. The van der Waals surface area contributed by atoms with Crippen LogP contribution in [0.5, 0.6) is 0 Å². The molecular weight excluding hydrogens is 216 g/mol. The van der Waals surface area contributed by atoms with Gasteiger partial charge in [-0.25, -0.2) is 13.6 Å². The lowest BCUT2D eigenvalue weighted by atomic mass is 10.1. The van der Waals surface area contributed by atoms with Crippen LogP contribution in [0.15, 0.2) is 24.3 Å². The van der Waals surface area contributed by atoms with E-state index in [-0.39, 0.29) is 18.8 Å². The molecule has 16 heavy (non-hydrogen) atoms. The summed E-state index contributed by atoms with van der Waals surface area (Å²) in [5.74, 6) is -1.80. The van der Waals surface area contributed by atoms with Crippen molar-refractivity contribution in [1.82, 2.24) is 0 Å². The minimum Gasteiger partial charge on any atom is -0.479 e. The fourth-order valence-corrected chi connectivity index (χ4v) is 1.82. The van der Waals surface area contributed by atoms with Crippen LogP contribution in [0.4, 0.5) is 14.5 Å². The van der Waals surface area contributed by atoms with Crippen molar-refractivity contribution in [3.05, 3.63) is 30.1 Å². The third-order valence-electron chi connectivity index (χ3n) is 2.79. The van der Waals surface area contributed by atoms with Crippen molar-refractivity contribution >= 4 is 11.7 Å². The molecule has 0 radical (unpaired) electrons. The Labute approximate surface area is 91.3 Å². The fraction of sp³-hybridized carbons (Fsp3) is 0.364. The minimum atomic E-state index is -2.19. The SMILES string of the molecule is O=C(O)C1(F)CCN(c2ccc(F)cc2)C1. The molecule has 1 atom stereocenters. The van der Waals surface area contributed by atoms with E-state index in [4.69, 9.17) is 5.11 Å². The number of halogens is 2. The monoisotopic (exact) mass is 227 g/mol. The first-order valence-corrected chi connectivity index (χ1v) is 4.94. The van der Waals surface area contributed by atoms with Crippen molar-refractivity contribution < 1.29 is 18.7 Å². The molecule has 0 aromatic heterocycles. The van der Waals surface area contributed by atoms with Crippen molar-refractivity contribution in [3.8, 4) is 0 Å². The highest BCUT2D eigenvalue weighted by Gasteiger charge is 2.45. The third kappa shape index (κ3) is 1.85. The van der Waals surface area contributed by atoms with E-state index in [0.29, 0.717) is 12.2 Å². The van der Waals surface area contributed by atoms with Crippen LogP contribution in [0, 0.1) is 5.82 Å². The van der Waals surface area contributed by atoms with Gasteiger partial charge < -0.3 is 10.0 Å². The minimum absolute atomic E-state index is 0.0420. The summed E-state index contributed by atoms with van der Waals surface area (Å²) in [6, 6.07) is 5.58. The molecule has 0 saturated carbocycles. The molecule has 1 aromatic carbocycles. The highest BCUT2D eigenvalue weighted by Crippen LogP contribution is 2.30. The number of hydrogen-bond acceptors (Lipinski definition) is 2. The maximum absolute atomic E-state index is 13.7. The van der Waals surface area contributed by atoms with Crippen molar-refractivity contribution in [1.29, 1.82) is 0 Å². The van der Waals surface area contributed by atoms with E-state index < -0.39 is 11.6 Å². The van der Waals surface area contributed by atoms with Gasteiger partial charge in [-0.2, -0.15) is 0 Å². The Morgan fingerprint density at radius 2 is 2.00 bits per heavy atom. The summed E-state index contributed by atoms with van der Waals surface area (Å²) in [6.07, 6.45) is -0.0420. The van der Waals surface area contributed by atoms with E-state index in [0.717, 1.165) is 0 Å². The van der Waals surface area contributed by atoms with Gasteiger partial charge in [-0.1, -0.05) is 0 Å². The fourth-order valence-electron chi connectivity index (χ4n) is 1.82. The van der Waals surface area contributed by atoms with Crippen LogP contribution in [-0.4, -0.2) is 29.8 Å². The van der Waals surface area contributed by atoms with Crippen LogP contribution in [0.2, 0.25) is 0 Å². The second kappa shape index (κ2) is 3.73. The molecule has 1 aliphatic heterocycles. The van der Waals surface area contributed by atoms with Gasteiger partial charge in [0.2, 0.25) is 5.67 Å². The van der Waals surface area contributed by atoms with E-state index >= 15 is 0 Å². The van der Waals surface area contributed by atoms with Crippen LogP contribution < -0.4 is 4.90 Å². The Morgan fingerprint density at radius 1 is 1.38 bits per heavy atom. The number of anilines is 1. The smallest absolute Gasteiger partial charge is 0.343 e. The first-order valence-electron chi connectivity index (χ1n) is 4.94. The Kier molecular flexibility index (Phi) is 2.53. The number of benzene rings is 1. The second-order valence-corrected chi connectivity index (χ2v) is 3.92. The molecule has 3 nitrogen and oxygen atoms in total. The molecule has 1 heterocycles. The van der Waals surface area contributed by atoms with Crippen LogP contribution in [0.3, 0.4) is 0 Å². The standard InChI is InChI=1S/C11H11F2NO2/c12-8-1-3-9(4-2-8)14-6-5-11(13,7-14)10(15)16/h1-4H,5-7H2,(H,15,16). The summed E-state index contributed by atoms with van der Waals surface area (Å²) in [7, 11) is 0. The molecule has 1 unspecified atom stereocenters. The number of nitrogens with zero attached hydrogens (tertiary/aromatic N) is 1. The Bertz CT molecular complexity index is 407. The quantitative estimate of drug-likeness (QED) is 0.837. The predicted molar refractivity (Wildman–Crippen MR) is 54.7 cm³/mol. The highest BCUT2D eigenvalue weighted by molar-refractivity contribution is 5.79. The average molecular weight is 227 g/mol. The van der Waals surface area contributed by atoms with Crippen LogP contribution in [0.1, 0.15) is 6.42 Å². The van der Waals surface area contributed by atoms with E-state index in [9.17, 15) is 13.6 Å². The van der Waals surface area contributed by atoms with Gasteiger partial charge in [0.15, 0.2) is 0 Å². The van der Waals surface area contributed by atoms with Crippen molar-refractivity contribution in [2.75, 3.05) is 18.0 Å². The van der Waals surface area contributed by atoms with Gasteiger partial charge in [0.25, 0.3) is 0 Å². The Balaban J connectivity index is 2.15. The number of carbonyl (C=O) groups is 1. The van der Waals surface area contributed by atoms with Gasteiger partial charge in [0.05, 0.1) is 6.54 Å². The first-order chi connectivity index (χ1) is 7.51. The number of aliphatic carboxylic acids is 1. The van der Waals surface area contributed by atoms with Gasteiger partial charge in [-0.3, -0.25) is 0 Å². The van der Waals surface area contributed by atoms with Crippen molar-refractivity contribution in [2.45, 2.75) is 12.1 Å². The van der Waals surface area contributed by atoms with E-state index in [2.05, 4.69) is 0 Å². The van der Waals surface area contributed by atoms with Gasteiger partial charge in [0, 0.05) is 18.7 Å². The highest BCUT2D eigenvalue weighted by atomic mass is 19.1. The lowest BCUT2D eigenvalue weighted by Crippen LogP contribution is -2.37. The maximum atomic E-state index is 13.7. The summed E-state index contributed by atoms with van der Waals surface area (Å²) < 4.78 is 26.4. The lowest BCUT2D eigenvalue weighted by Gasteiger charge is -2.19. The molecule has 2 rings (SSSR count). The molecule has 0 amide bonds. The summed E-state index contributed by atoms with van der Waals surface area (Å²) in [5, 5.41) is 8.72. The molecule has 0 aliphatic carbocycles. The largest absolute Gasteiger partial charge is 0.479 e. The zero-order valence-electron chi connectivity index (χ0n) is 8.49. The van der Waals surface area contributed by atoms with Gasteiger partial charge in [0.1, 0.15) is 5.82 Å². The zero-order valence-corrected chi connectivity index (χ0v) is 8.49. The molecule has 1 N–H and O–H groups in total. The molecule has 5 heteroatoms. The summed E-state index contributed by atoms with van der Waals surface area (Å²) in [4.78, 5) is 12.3. The van der Waals surface area contributed by atoms with Crippen LogP contribution >= 0.6 is 0 Å². The van der Waals surface area contributed by atoms with Crippen LogP contribution in [-0.2, 0) is 4.79 Å². The Morgan fingerprint density at radius 3 is 2.50 bits per heavy atom. The number of alkyl halides is 1. The zero-order chi connectivity index (χ0) is 11.8. The molecule has 0 bridgehead atoms. The summed E-state index contributed by atoms with van der Waals surface area (Å²) >= 11 is 0. The number of rotatable bonds is 2. The molecule has 1 saturated heterocycles. The maximum Gasteiger partial charge on any atom is 0.343 e. The van der Waals surface area contributed by atoms with Gasteiger partial charge >= 0.3 is 5.97 Å². The first kappa shape index (κ1) is 10.9. The van der Waals surface area contributed by atoms with Gasteiger partial charge in [-0.15, -0.1) is 0 Å². The Hall–Kier alpha value is -1.65. The predicted octanol–water partition coefficient (Wildman–Crippen LogP) is 1.83. The van der Waals surface area contributed by atoms with E-state index in [1.807, 2.05) is 0 Å². The van der Waals surface area contributed by atoms with Crippen LogP contribution in [0.25, 0.3) is 0 Å². The molecular formula is C11H11F2NO2. The summed E-state index contributed by atoms with van der Waals surface area (Å²) in [5.41, 5.74) is -1.55. The normalized spacial score (nSPS) is 24.8. The number of carboxylic acid groups (broad SMARTS) is 1. The number of carboxylic acids is 1. The topological polar surface area (TPSA) is 40.5 Å². The molecule has 0 spiro atoms. The molecule has 86 valence electrons. The third-order valence-corrected chi connectivity index (χ3v) is 2.79. The average Bonchev–Trinajstić information content (AvgIpc) is 2.63.